The van der Waals surface area contributed by atoms with Crippen LogP contribution >= 0.6 is 0 Å². The minimum Gasteiger partial charge on any atom is -0.311 e. The van der Waals surface area contributed by atoms with E-state index in [9.17, 15) is 9.59 Å². The van der Waals surface area contributed by atoms with Crippen molar-refractivity contribution in [3.8, 4) is 11.1 Å². The molecule has 0 amide bonds. The van der Waals surface area contributed by atoms with Crippen LogP contribution in [-0.2, 0) is 13.5 Å². The fraction of sp³-hybridized carbons (Fsp3) is 0.200. The second-order valence-electron chi connectivity index (χ2n) is 7.76. The van der Waals surface area contributed by atoms with E-state index in [1.807, 2.05) is 63.2 Å². The van der Waals surface area contributed by atoms with Crippen molar-refractivity contribution in [3.05, 3.63) is 93.3 Å². The molecule has 5 heteroatoms. The Kier molecular flexibility index (Phi) is 5.04. The Balaban J connectivity index is 1.78. The van der Waals surface area contributed by atoms with E-state index in [1.165, 1.54) is 0 Å². The van der Waals surface area contributed by atoms with Crippen molar-refractivity contribution >= 4 is 16.7 Å². The normalized spacial score (nSPS) is 11.1. The van der Waals surface area contributed by atoms with Crippen LogP contribution in [-0.4, -0.2) is 20.3 Å². The first kappa shape index (κ1) is 19.7. The Morgan fingerprint density at radius 2 is 1.73 bits per heavy atom. The second-order valence-corrected chi connectivity index (χ2v) is 7.76. The van der Waals surface area contributed by atoms with Crippen LogP contribution in [0.2, 0.25) is 0 Å². The predicted molar refractivity (Wildman–Crippen MR) is 119 cm³/mol. The van der Waals surface area contributed by atoms with Crippen molar-refractivity contribution in [1.82, 2.24) is 14.5 Å². The number of carbonyl (C=O) groups is 1. The molecule has 1 aromatic carbocycles. The monoisotopic (exact) mass is 397 g/mol. The number of nitrogens with zero attached hydrogens (tertiary/aromatic N) is 3. The average molecular weight is 397 g/mol. The van der Waals surface area contributed by atoms with Gasteiger partial charge in [0.25, 0.3) is 5.56 Å². The summed E-state index contributed by atoms with van der Waals surface area (Å²) in [6, 6.07) is 13.1. The number of hydrogen-bond acceptors (Lipinski definition) is 4. The highest BCUT2D eigenvalue weighted by molar-refractivity contribution is 5.99. The number of aromatic nitrogens is 3. The number of Topliss-reactive ketones (excluding diaryl/α,β-unsaturated/α-hetero) is 1. The van der Waals surface area contributed by atoms with Crippen LogP contribution in [0.4, 0.5) is 0 Å². The van der Waals surface area contributed by atoms with Crippen LogP contribution in [0.5, 0.6) is 0 Å². The highest BCUT2D eigenvalue weighted by atomic mass is 16.1. The van der Waals surface area contributed by atoms with Crippen LogP contribution in [0, 0.1) is 20.8 Å². The number of hydrogen-bond donors (Lipinski definition) is 0. The van der Waals surface area contributed by atoms with Gasteiger partial charge in [0.2, 0.25) is 0 Å². The van der Waals surface area contributed by atoms with E-state index in [2.05, 4.69) is 9.97 Å². The molecule has 0 saturated heterocycles. The first-order chi connectivity index (χ1) is 14.3. The van der Waals surface area contributed by atoms with Gasteiger partial charge in [0.1, 0.15) is 0 Å². The molecular formula is C25H23N3O2. The lowest BCUT2D eigenvalue weighted by Gasteiger charge is -2.12. The van der Waals surface area contributed by atoms with E-state index in [4.69, 9.17) is 0 Å². The van der Waals surface area contributed by atoms with Gasteiger partial charge in [-0.3, -0.25) is 19.6 Å². The van der Waals surface area contributed by atoms with Crippen LogP contribution in [0.15, 0.2) is 59.7 Å². The van der Waals surface area contributed by atoms with Crippen LogP contribution in [0.25, 0.3) is 22.0 Å². The number of benzene rings is 1. The lowest BCUT2D eigenvalue weighted by atomic mass is 9.95. The van der Waals surface area contributed by atoms with E-state index in [1.54, 1.807) is 24.0 Å². The highest BCUT2D eigenvalue weighted by Gasteiger charge is 2.15. The van der Waals surface area contributed by atoms with Gasteiger partial charge >= 0.3 is 0 Å². The summed E-state index contributed by atoms with van der Waals surface area (Å²) in [5.74, 6) is -0.0255. The van der Waals surface area contributed by atoms with Gasteiger partial charge in [-0.1, -0.05) is 18.2 Å². The third-order valence-corrected chi connectivity index (χ3v) is 5.41. The molecule has 3 aromatic heterocycles. The zero-order valence-electron chi connectivity index (χ0n) is 17.6. The van der Waals surface area contributed by atoms with Crippen molar-refractivity contribution in [3.63, 3.8) is 0 Å². The maximum absolute atomic E-state index is 13.1. The Morgan fingerprint density at radius 3 is 2.47 bits per heavy atom. The lowest BCUT2D eigenvalue weighted by molar-refractivity contribution is 0.0992. The number of aryl methyl sites for hydroxylation is 4. The van der Waals surface area contributed by atoms with Crippen molar-refractivity contribution in [2.24, 2.45) is 7.05 Å². The Bertz CT molecular complexity index is 1340. The fourth-order valence-electron chi connectivity index (χ4n) is 3.61. The van der Waals surface area contributed by atoms with Crippen molar-refractivity contribution in [2.45, 2.75) is 27.2 Å². The Labute approximate surface area is 175 Å². The molecule has 4 aromatic rings. The number of rotatable bonds is 4. The predicted octanol–water partition coefficient (Wildman–Crippen LogP) is 4.35. The van der Waals surface area contributed by atoms with Gasteiger partial charge in [0.15, 0.2) is 5.78 Å². The summed E-state index contributed by atoms with van der Waals surface area (Å²) in [6.45, 7) is 5.81. The Morgan fingerprint density at radius 1 is 0.933 bits per heavy atom. The second kappa shape index (κ2) is 7.67. The Hall–Kier alpha value is -3.60. The zero-order valence-corrected chi connectivity index (χ0v) is 17.6. The number of fused-ring (bicyclic) bond motifs is 1. The summed E-state index contributed by atoms with van der Waals surface area (Å²) in [5.41, 5.74) is 6.23. The first-order valence-corrected chi connectivity index (χ1v) is 9.85. The zero-order chi connectivity index (χ0) is 21.4. The van der Waals surface area contributed by atoms with Gasteiger partial charge < -0.3 is 4.57 Å². The van der Waals surface area contributed by atoms with Gasteiger partial charge in [-0.15, -0.1) is 0 Å². The quantitative estimate of drug-likeness (QED) is 0.480. The van der Waals surface area contributed by atoms with Crippen molar-refractivity contribution in [1.29, 1.82) is 0 Å². The maximum Gasteiger partial charge on any atom is 0.258 e. The summed E-state index contributed by atoms with van der Waals surface area (Å²) in [5, 5.41) is 0.887. The smallest absolute Gasteiger partial charge is 0.258 e. The molecule has 5 nitrogen and oxygen atoms in total. The molecule has 0 aliphatic heterocycles. The number of carbonyl (C=O) groups excluding carboxylic acids is 1. The summed E-state index contributed by atoms with van der Waals surface area (Å²) in [4.78, 5) is 34.6. The van der Waals surface area contributed by atoms with Crippen molar-refractivity contribution < 1.29 is 4.79 Å². The highest BCUT2D eigenvalue weighted by Crippen LogP contribution is 2.25. The van der Waals surface area contributed by atoms with E-state index in [0.717, 1.165) is 39.0 Å². The van der Waals surface area contributed by atoms with Crippen LogP contribution in [0.1, 0.15) is 32.9 Å². The molecule has 4 rings (SSSR count). The molecule has 0 radical (unpaired) electrons. The topological polar surface area (TPSA) is 64.8 Å². The van der Waals surface area contributed by atoms with Gasteiger partial charge in [0, 0.05) is 47.3 Å². The number of ketones is 1. The molecule has 0 atom stereocenters. The molecule has 0 bridgehead atoms. The molecular weight excluding hydrogens is 374 g/mol. The lowest BCUT2D eigenvalue weighted by Crippen LogP contribution is -2.19. The van der Waals surface area contributed by atoms with E-state index in [0.29, 0.717) is 11.1 Å². The van der Waals surface area contributed by atoms with E-state index >= 15 is 0 Å². The summed E-state index contributed by atoms with van der Waals surface area (Å²) in [7, 11) is 1.76. The fourth-order valence-corrected chi connectivity index (χ4v) is 3.61. The number of pyridine rings is 3. The minimum atomic E-state index is -0.0963. The molecule has 0 N–H and O–H groups in total. The molecule has 0 unspecified atom stereocenters. The van der Waals surface area contributed by atoms with Gasteiger partial charge in [-0.05, 0) is 61.7 Å². The molecule has 0 spiro atoms. The third-order valence-electron chi connectivity index (χ3n) is 5.41. The van der Waals surface area contributed by atoms with Crippen LogP contribution < -0.4 is 5.56 Å². The van der Waals surface area contributed by atoms with E-state index in [-0.39, 0.29) is 17.8 Å². The van der Waals surface area contributed by atoms with Gasteiger partial charge in [-0.25, -0.2) is 0 Å². The van der Waals surface area contributed by atoms with Crippen molar-refractivity contribution in [2.75, 3.05) is 0 Å². The molecule has 0 fully saturated rings. The third kappa shape index (κ3) is 3.66. The molecule has 3 heterocycles. The summed E-state index contributed by atoms with van der Waals surface area (Å²) < 4.78 is 1.64. The van der Waals surface area contributed by atoms with Gasteiger partial charge in [0.05, 0.1) is 11.9 Å². The molecule has 0 aliphatic carbocycles. The largest absolute Gasteiger partial charge is 0.311 e. The molecule has 0 aliphatic rings. The first-order valence-electron chi connectivity index (χ1n) is 9.85. The van der Waals surface area contributed by atoms with Gasteiger partial charge in [-0.2, -0.15) is 0 Å². The van der Waals surface area contributed by atoms with Crippen LogP contribution in [0.3, 0.4) is 0 Å². The maximum atomic E-state index is 13.1. The molecule has 30 heavy (non-hydrogen) atoms. The summed E-state index contributed by atoms with van der Waals surface area (Å²) >= 11 is 0. The van der Waals surface area contributed by atoms with E-state index < -0.39 is 0 Å². The average Bonchev–Trinajstić information content (AvgIpc) is 2.73. The molecule has 150 valence electrons. The minimum absolute atomic E-state index is 0.0255. The standard InChI is InChI=1S/C25H23N3O2/c1-15-5-8-20(27-13-15)12-24(29)18-7-6-16(2)21(10-18)22-11-19-14-26-17(3)9-23(19)28(4)25(22)30/h5-11,13-14H,12H2,1-4H3. The summed E-state index contributed by atoms with van der Waals surface area (Å²) in [6.07, 6.45) is 3.76. The SMILES string of the molecule is Cc1ccc(CC(=O)c2ccc(C)c(-c3cc4cnc(C)cc4n(C)c3=O)c2)nc1. The molecule has 0 saturated carbocycles.